The Labute approximate surface area is 190 Å². The van der Waals surface area contributed by atoms with Gasteiger partial charge in [-0.15, -0.1) is 10.3 Å². The lowest BCUT2D eigenvalue weighted by molar-refractivity contribution is -0.267. The summed E-state index contributed by atoms with van der Waals surface area (Å²) < 4.78 is 12.2. The van der Waals surface area contributed by atoms with Gasteiger partial charge in [0.15, 0.2) is 0 Å². The predicted octanol–water partition coefficient (Wildman–Crippen LogP) is 4.78. The molecule has 0 saturated carbocycles. The average Bonchev–Trinajstić information content (AvgIpc) is 2.71. The van der Waals surface area contributed by atoms with Crippen molar-refractivity contribution in [1.29, 1.82) is 0 Å². The van der Waals surface area contributed by atoms with E-state index in [1.165, 1.54) is 0 Å². The maximum atomic E-state index is 12.8. The van der Waals surface area contributed by atoms with Crippen LogP contribution in [0, 0.1) is 3.57 Å². The van der Waals surface area contributed by atoms with Crippen molar-refractivity contribution in [3.63, 3.8) is 0 Å². The van der Waals surface area contributed by atoms with E-state index in [1.54, 1.807) is 24.3 Å². The van der Waals surface area contributed by atoms with Crippen molar-refractivity contribution in [2.75, 3.05) is 0 Å². The number of nitrogens with zero attached hydrogens (tertiary/aromatic N) is 1. The molecular weight excluding hydrogens is 497 g/mol. The van der Waals surface area contributed by atoms with Gasteiger partial charge in [0.1, 0.15) is 12.7 Å². The summed E-state index contributed by atoms with van der Waals surface area (Å²) in [5.74, 6) is -1.16. The minimum absolute atomic E-state index is 0.118. The van der Waals surface area contributed by atoms with Crippen molar-refractivity contribution >= 4 is 34.5 Å². The molecule has 0 amide bonds. The van der Waals surface area contributed by atoms with E-state index >= 15 is 0 Å². The molecule has 159 valence electrons. The molecule has 0 N–H and O–H groups in total. The van der Waals surface area contributed by atoms with Crippen LogP contribution in [0.1, 0.15) is 59.9 Å². The van der Waals surface area contributed by atoms with Crippen LogP contribution in [-0.2, 0) is 21.3 Å². The Morgan fingerprint density at radius 2 is 1.67 bits per heavy atom. The molecule has 1 heterocycles. The Morgan fingerprint density at radius 1 is 1.07 bits per heavy atom. The Hall–Kier alpha value is -1.97. The van der Waals surface area contributed by atoms with Crippen molar-refractivity contribution in [3.8, 4) is 0 Å². The molecule has 6 nitrogen and oxygen atoms in total. The Morgan fingerprint density at radius 3 is 2.27 bits per heavy atom. The molecule has 2 atom stereocenters. The Kier molecular flexibility index (Phi) is 7.15. The summed E-state index contributed by atoms with van der Waals surface area (Å²) in [6.45, 7) is 5.62. The van der Waals surface area contributed by atoms with Crippen LogP contribution >= 0.6 is 22.6 Å². The molecule has 2 aromatic carbocycles. The molecule has 0 aromatic heterocycles. The lowest BCUT2D eigenvalue weighted by Gasteiger charge is -2.43. The normalized spacial score (nSPS) is 21.1. The quantitative estimate of drug-likeness (QED) is 0.418. The molecular formula is C23H25INO5. The fourth-order valence-electron chi connectivity index (χ4n) is 3.75. The summed E-state index contributed by atoms with van der Waals surface area (Å²) in [7, 11) is 0. The van der Waals surface area contributed by atoms with E-state index in [-0.39, 0.29) is 29.9 Å². The fourth-order valence-corrected chi connectivity index (χ4v) is 4.11. The van der Waals surface area contributed by atoms with Gasteiger partial charge in [-0.2, -0.15) is 0 Å². The zero-order valence-electron chi connectivity index (χ0n) is 17.3. The van der Waals surface area contributed by atoms with Gasteiger partial charge in [0.2, 0.25) is 0 Å². The Balaban J connectivity index is 1.68. The molecule has 2 aromatic rings. The lowest BCUT2D eigenvalue weighted by atomic mass is 9.87. The van der Waals surface area contributed by atoms with Gasteiger partial charge in [-0.1, -0.05) is 24.3 Å². The number of carbonyl (C=O) groups is 2. The molecule has 7 heteroatoms. The summed E-state index contributed by atoms with van der Waals surface area (Å²) in [4.78, 5) is 25.4. The van der Waals surface area contributed by atoms with Crippen LogP contribution in [-0.4, -0.2) is 34.7 Å². The number of carbonyl (C=O) groups excluding carboxylic acids is 2. The topological polar surface area (TPSA) is 75.7 Å². The first kappa shape index (κ1) is 22.7. The van der Waals surface area contributed by atoms with Crippen LogP contribution in [0.4, 0.5) is 0 Å². The summed E-state index contributed by atoms with van der Waals surface area (Å²) in [6, 6.07) is 13.9. The molecule has 0 bridgehead atoms. The number of rotatable bonds is 5. The van der Waals surface area contributed by atoms with E-state index in [1.807, 2.05) is 45.0 Å². The SMILES string of the molecule is CC1CC(OC(=O)c2ccccc2C(=O)OCc2ccc(I)cc2)CC(C)(C)N1[O]. The first-order valence-electron chi connectivity index (χ1n) is 9.85. The number of ether oxygens (including phenoxy) is 2. The van der Waals surface area contributed by atoms with Crippen molar-refractivity contribution < 1.29 is 24.3 Å². The van der Waals surface area contributed by atoms with Crippen molar-refractivity contribution in [2.45, 2.75) is 57.9 Å². The van der Waals surface area contributed by atoms with Gasteiger partial charge in [-0.05, 0) is 73.2 Å². The van der Waals surface area contributed by atoms with Crippen LogP contribution < -0.4 is 0 Å². The molecule has 1 saturated heterocycles. The van der Waals surface area contributed by atoms with E-state index in [0.717, 1.165) is 14.2 Å². The predicted molar refractivity (Wildman–Crippen MR) is 119 cm³/mol. The van der Waals surface area contributed by atoms with Crippen LogP contribution in [0.2, 0.25) is 0 Å². The van der Waals surface area contributed by atoms with Gasteiger partial charge in [-0.25, -0.2) is 9.59 Å². The van der Waals surface area contributed by atoms with Gasteiger partial charge >= 0.3 is 11.9 Å². The van der Waals surface area contributed by atoms with Gasteiger partial charge in [0, 0.05) is 28.0 Å². The highest BCUT2D eigenvalue weighted by molar-refractivity contribution is 14.1. The summed E-state index contributed by atoms with van der Waals surface area (Å²) in [6.07, 6.45) is 0.507. The lowest BCUT2D eigenvalue weighted by Crippen LogP contribution is -2.54. The van der Waals surface area contributed by atoms with Crippen LogP contribution in [0.3, 0.4) is 0 Å². The van der Waals surface area contributed by atoms with Crippen LogP contribution in [0.15, 0.2) is 48.5 Å². The van der Waals surface area contributed by atoms with E-state index in [9.17, 15) is 14.8 Å². The largest absolute Gasteiger partial charge is 0.459 e. The van der Waals surface area contributed by atoms with Crippen molar-refractivity contribution in [2.24, 2.45) is 0 Å². The highest BCUT2D eigenvalue weighted by atomic mass is 127. The monoisotopic (exact) mass is 522 g/mol. The molecule has 3 rings (SSSR count). The number of benzene rings is 2. The van der Waals surface area contributed by atoms with E-state index in [0.29, 0.717) is 12.8 Å². The van der Waals surface area contributed by atoms with Crippen LogP contribution in [0.25, 0.3) is 0 Å². The van der Waals surface area contributed by atoms with E-state index in [4.69, 9.17) is 9.47 Å². The summed E-state index contributed by atoms with van der Waals surface area (Å²) in [5, 5.41) is 13.3. The van der Waals surface area contributed by atoms with Crippen molar-refractivity contribution in [1.82, 2.24) is 5.06 Å². The maximum Gasteiger partial charge on any atom is 0.339 e. The molecule has 1 radical (unpaired) electrons. The Bertz CT molecular complexity index is 912. The van der Waals surface area contributed by atoms with Crippen molar-refractivity contribution in [3.05, 3.63) is 68.8 Å². The molecule has 1 aliphatic heterocycles. The fraction of sp³-hybridized carbons (Fsp3) is 0.391. The molecule has 1 aliphatic rings. The van der Waals surface area contributed by atoms with Gasteiger partial charge in [-0.3, -0.25) is 0 Å². The third-order valence-electron chi connectivity index (χ3n) is 5.25. The van der Waals surface area contributed by atoms with E-state index < -0.39 is 17.5 Å². The number of hydrogen-bond acceptors (Lipinski definition) is 5. The standard InChI is InChI=1S/C23H25INO5/c1-15-12-18(13-23(2,3)25(15)28)30-22(27)20-7-5-4-6-19(20)21(26)29-14-16-8-10-17(24)11-9-16/h4-11,15,18H,12-14H2,1-3H3. The number of hydroxylamine groups is 2. The van der Waals surface area contributed by atoms with Gasteiger partial charge in [0.05, 0.1) is 11.1 Å². The first-order chi connectivity index (χ1) is 14.2. The van der Waals surface area contributed by atoms with Crippen LogP contribution in [0.5, 0.6) is 0 Å². The number of halogens is 1. The molecule has 1 fully saturated rings. The summed E-state index contributed by atoms with van der Waals surface area (Å²) in [5.41, 5.74) is 0.584. The zero-order valence-corrected chi connectivity index (χ0v) is 19.4. The minimum atomic E-state index is -0.617. The molecule has 0 aliphatic carbocycles. The minimum Gasteiger partial charge on any atom is -0.459 e. The second kappa shape index (κ2) is 9.45. The first-order valence-corrected chi connectivity index (χ1v) is 10.9. The summed E-state index contributed by atoms with van der Waals surface area (Å²) >= 11 is 2.21. The molecule has 0 spiro atoms. The third kappa shape index (κ3) is 5.39. The van der Waals surface area contributed by atoms with Gasteiger partial charge < -0.3 is 9.47 Å². The third-order valence-corrected chi connectivity index (χ3v) is 5.97. The molecule has 30 heavy (non-hydrogen) atoms. The van der Waals surface area contributed by atoms with Gasteiger partial charge in [0.25, 0.3) is 0 Å². The average molecular weight is 522 g/mol. The van der Waals surface area contributed by atoms with E-state index in [2.05, 4.69) is 22.6 Å². The second-order valence-electron chi connectivity index (χ2n) is 8.20. The highest BCUT2D eigenvalue weighted by Gasteiger charge is 2.41. The maximum absolute atomic E-state index is 12.8. The number of hydrogen-bond donors (Lipinski definition) is 0. The highest BCUT2D eigenvalue weighted by Crippen LogP contribution is 2.32. The zero-order chi connectivity index (χ0) is 21.9. The molecule has 2 unspecified atom stereocenters. The second-order valence-corrected chi connectivity index (χ2v) is 9.45. The number of piperidine rings is 1. The number of esters is 2. The smallest absolute Gasteiger partial charge is 0.339 e.